The first kappa shape index (κ1) is 26.2. The molecule has 0 bridgehead atoms. The molecule has 4 aromatic carbocycles. The summed E-state index contributed by atoms with van der Waals surface area (Å²) in [7, 11) is 0. The summed E-state index contributed by atoms with van der Waals surface area (Å²) in [5.74, 6) is 0.692. The molecule has 0 saturated heterocycles. The number of anilines is 2. The van der Waals surface area contributed by atoms with Gasteiger partial charge in [0.2, 0.25) is 11.8 Å². The number of hydrogen-bond acceptors (Lipinski definition) is 4. The number of carbonyl (C=O) groups excluding carboxylic acids is 2. The van der Waals surface area contributed by atoms with Crippen molar-refractivity contribution in [3.63, 3.8) is 0 Å². The predicted molar refractivity (Wildman–Crippen MR) is 152 cm³/mol. The maximum absolute atomic E-state index is 11.8. The number of carbonyl (C=O) groups is 2. The third kappa shape index (κ3) is 7.11. The fraction of sp³-hybridized carbons (Fsp3) is 0.125. The summed E-state index contributed by atoms with van der Waals surface area (Å²) >= 11 is 0. The predicted octanol–water partition coefficient (Wildman–Crippen LogP) is 6.95. The fourth-order valence-corrected chi connectivity index (χ4v) is 3.91. The first-order chi connectivity index (χ1) is 18.4. The van der Waals surface area contributed by atoms with Gasteiger partial charge in [-0.3, -0.25) is 9.59 Å². The largest absolute Gasteiger partial charge is 0.487 e. The second-order valence-corrected chi connectivity index (χ2v) is 8.84. The second-order valence-electron chi connectivity index (χ2n) is 8.84. The van der Waals surface area contributed by atoms with Crippen LogP contribution >= 0.6 is 0 Å². The molecule has 4 aromatic rings. The fourth-order valence-electron chi connectivity index (χ4n) is 3.91. The minimum absolute atomic E-state index is 0.188. The minimum atomic E-state index is -0.188. The van der Waals surface area contributed by atoms with E-state index in [-0.39, 0.29) is 25.0 Å². The van der Waals surface area contributed by atoms with Crippen molar-refractivity contribution in [2.75, 3.05) is 23.8 Å². The maximum Gasteiger partial charge on any atom is 0.221 e. The Morgan fingerprint density at radius 2 is 1.00 bits per heavy atom. The van der Waals surface area contributed by atoms with Crippen LogP contribution in [0.4, 0.5) is 11.4 Å². The van der Waals surface area contributed by atoms with Crippen molar-refractivity contribution in [3.8, 4) is 33.8 Å². The van der Waals surface area contributed by atoms with Gasteiger partial charge in [0.1, 0.15) is 24.7 Å². The van der Waals surface area contributed by atoms with Gasteiger partial charge in [-0.2, -0.15) is 0 Å². The van der Waals surface area contributed by atoms with Crippen LogP contribution in [0.1, 0.15) is 13.8 Å². The Hall–Kier alpha value is -4.84. The van der Waals surface area contributed by atoms with Gasteiger partial charge in [0.25, 0.3) is 0 Å². The number of nitrogens with one attached hydrogen (secondary N) is 2. The molecular formula is C32H30N2O4. The molecular weight excluding hydrogens is 476 g/mol. The third-order valence-corrected chi connectivity index (χ3v) is 5.66. The topological polar surface area (TPSA) is 76.7 Å². The van der Waals surface area contributed by atoms with E-state index in [1.165, 1.54) is 13.8 Å². The molecule has 0 aromatic heterocycles. The molecule has 0 unspecified atom stereocenters. The highest BCUT2D eigenvalue weighted by Crippen LogP contribution is 2.33. The molecule has 2 amide bonds. The van der Waals surface area contributed by atoms with Crippen LogP contribution in [0.3, 0.4) is 0 Å². The Bertz CT molecular complexity index is 1320. The zero-order chi connectivity index (χ0) is 26.9. The van der Waals surface area contributed by atoms with Crippen molar-refractivity contribution >= 4 is 23.2 Å². The average molecular weight is 507 g/mol. The summed E-state index contributed by atoms with van der Waals surface area (Å²) in [6, 6.07) is 31.2. The smallest absolute Gasteiger partial charge is 0.221 e. The molecule has 0 spiro atoms. The van der Waals surface area contributed by atoms with Gasteiger partial charge in [-0.25, -0.2) is 0 Å². The van der Waals surface area contributed by atoms with Gasteiger partial charge in [-0.05, 0) is 52.1 Å². The van der Waals surface area contributed by atoms with Crippen LogP contribution in [-0.4, -0.2) is 25.0 Å². The quantitative estimate of drug-likeness (QED) is 0.228. The minimum Gasteiger partial charge on any atom is -0.487 e. The van der Waals surface area contributed by atoms with E-state index < -0.39 is 0 Å². The SMILES string of the molecule is C=C(COc1ccc(-c2ccccc2)cc1NC(C)=O)COc1ccc(-c2ccccc2)cc1NC(C)=O. The molecule has 0 saturated carbocycles. The summed E-state index contributed by atoms with van der Waals surface area (Å²) in [5, 5.41) is 5.69. The van der Waals surface area contributed by atoms with Gasteiger partial charge >= 0.3 is 0 Å². The van der Waals surface area contributed by atoms with E-state index in [4.69, 9.17) is 9.47 Å². The van der Waals surface area contributed by atoms with Crippen molar-refractivity contribution in [2.45, 2.75) is 13.8 Å². The zero-order valence-electron chi connectivity index (χ0n) is 21.5. The van der Waals surface area contributed by atoms with E-state index in [0.717, 1.165) is 22.3 Å². The van der Waals surface area contributed by atoms with Crippen LogP contribution < -0.4 is 20.1 Å². The van der Waals surface area contributed by atoms with E-state index in [9.17, 15) is 9.59 Å². The number of hydrogen-bond donors (Lipinski definition) is 2. The lowest BCUT2D eigenvalue weighted by Crippen LogP contribution is -2.13. The van der Waals surface area contributed by atoms with Gasteiger partial charge in [-0.1, -0.05) is 79.4 Å². The molecule has 0 aliphatic carbocycles. The summed E-state index contributed by atoms with van der Waals surface area (Å²) in [6.45, 7) is 7.37. The van der Waals surface area contributed by atoms with Gasteiger partial charge in [-0.15, -0.1) is 0 Å². The Kier molecular flexibility index (Phi) is 8.57. The monoisotopic (exact) mass is 506 g/mol. The lowest BCUT2D eigenvalue weighted by molar-refractivity contribution is -0.115. The van der Waals surface area contributed by atoms with Gasteiger partial charge in [0.05, 0.1) is 11.4 Å². The van der Waals surface area contributed by atoms with E-state index in [1.54, 1.807) is 0 Å². The maximum atomic E-state index is 11.8. The summed E-state index contributed by atoms with van der Waals surface area (Å²) in [6.07, 6.45) is 0. The highest BCUT2D eigenvalue weighted by Gasteiger charge is 2.12. The zero-order valence-corrected chi connectivity index (χ0v) is 21.5. The molecule has 6 nitrogen and oxygen atoms in total. The van der Waals surface area contributed by atoms with Crippen molar-refractivity contribution < 1.29 is 19.1 Å². The van der Waals surface area contributed by atoms with Gasteiger partial charge < -0.3 is 20.1 Å². The highest BCUT2D eigenvalue weighted by atomic mass is 16.5. The first-order valence-corrected chi connectivity index (χ1v) is 12.3. The van der Waals surface area contributed by atoms with Crippen LogP contribution in [0.25, 0.3) is 22.3 Å². The Morgan fingerprint density at radius 3 is 1.37 bits per heavy atom. The molecule has 192 valence electrons. The summed E-state index contributed by atoms with van der Waals surface area (Å²) in [4.78, 5) is 23.6. The highest BCUT2D eigenvalue weighted by molar-refractivity contribution is 5.92. The van der Waals surface area contributed by atoms with Gasteiger partial charge in [0.15, 0.2) is 0 Å². The van der Waals surface area contributed by atoms with Crippen LogP contribution in [-0.2, 0) is 9.59 Å². The number of benzene rings is 4. The summed E-state index contributed by atoms with van der Waals surface area (Å²) < 4.78 is 12.0. The molecule has 6 heteroatoms. The number of amides is 2. The van der Waals surface area contributed by atoms with Crippen molar-refractivity contribution in [3.05, 3.63) is 109 Å². The van der Waals surface area contributed by atoms with E-state index >= 15 is 0 Å². The lowest BCUT2D eigenvalue weighted by Gasteiger charge is -2.16. The molecule has 0 atom stereocenters. The normalized spacial score (nSPS) is 10.4. The van der Waals surface area contributed by atoms with Crippen LogP contribution in [0.5, 0.6) is 11.5 Å². The summed E-state index contributed by atoms with van der Waals surface area (Å²) in [5.41, 5.74) is 5.86. The Labute approximate surface area is 222 Å². The molecule has 0 aliphatic rings. The average Bonchev–Trinajstić information content (AvgIpc) is 2.92. The standard InChI is InChI=1S/C32H30N2O4/c1-22(20-37-31-16-14-27(18-29(31)33-23(2)35)25-10-6-4-7-11-25)21-38-32-17-15-28(19-30(32)34-24(3)36)26-12-8-5-9-13-26/h4-19H,1,20-21H2,2-3H3,(H,33,35)(H,34,36). The number of rotatable bonds is 10. The molecule has 0 radical (unpaired) electrons. The van der Waals surface area contributed by atoms with Crippen molar-refractivity contribution in [2.24, 2.45) is 0 Å². The van der Waals surface area contributed by atoms with E-state index in [1.807, 2.05) is 97.1 Å². The molecule has 0 fully saturated rings. The molecule has 0 aliphatic heterocycles. The molecule has 2 N–H and O–H groups in total. The number of ether oxygens (including phenoxy) is 2. The van der Waals surface area contributed by atoms with Crippen molar-refractivity contribution in [1.82, 2.24) is 0 Å². The lowest BCUT2D eigenvalue weighted by atomic mass is 10.0. The van der Waals surface area contributed by atoms with Gasteiger partial charge in [0, 0.05) is 13.8 Å². The Morgan fingerprint density at radius 1 is 0.605 bits per heavy atom. The Balaban J connectivity index is 1.43. The molecule has 38 heavy (non-hydrogen) atoms. The van der Waals surface area contributed by atoms with Crippen LogP contribution in [0.2, 0.25) is 0 Å². The van der Waals surface area contributed by atoms with E-state index in [0.29, 0.717) is 28.4 Å². The van der Waals surface area contributed by atoms with E-state index in [2.05, 4.69) is 17.2 Å². The third-order valence-electron chi connectivity index (χ3n) is 5.66. The first-order valence-electron chi connectivity index (χ1n) is 12.3. The van der Waals surface area contributed by atoms with Crippen molar-refractivity contribution in [1.29, 1.82) is 0 Å². The molecule has 4 rings (SSSR count). The van der Waals surface area contributed by atoms with Crippen LogP contribution in [0.15, 0.2) is 109 Å². The second kappa shape index (κ2) is 12.4. The van der Waals surface area contributed by atoms with Crippen LogP contribution in [0, 0.1) is 0 Å². The molecule has 0 heterocycles.